The number of nitrogens with one attached hydrogen (secondary N) is 1. The number of amides is 1. The highest BCUT2D eigenvalue weighted by Crippen LogP contribution is 2.27. The zero-order valence-electron chi connectivity index (χ0n) is 11.5. The fourth-order valence-electron chi connectivity index (χ4n) is 1.92. The van der Waals surface area contributed by atoms with Crippen LogP contribution in [0.25, 0.3) is 6.08 Å². The van der Waals surface area contributed by atoms with Crippen molar-refractivity contribution in [3.63, 3.8) is 0 Å². The number of carbonyl (C=O) groups excluding carboxylic acids is 1. The van der Waals surface area contributed by atoms with Gasteiger partial charge in [0, 0.05) is 0 Å². The highest BCUT2D eigenvalue weighted by atomic mass is 32.2. The minimum atomic E-state index is -0.102. The van der Waals surface area contributed by atoms with Crippen molar-refractivity contribution < 1.29 is 4.79 Å². The summed E-state index contributed by atoms with van der Waals surface area (Å²) in [6, 6.07) is 17.7. The first-order valence-corrected chi connectivity index (χ1v) is 7.44. The van der Waals surface area contributed by atoms with Gasteiger partial charge in [0.2, 0.25) is 0 Å². The molecule has 0 radical (unpaired) electrons. The summed E-state index contributed by atoms with van der Waals surface area (Å²) in [4.78, 5) is 17.1. The normalized spacial score (nSPS) is 18.2. The first-order chi connectivity index (χ1) is 10.2. The van der Waals surface area contributed by atoms with Crippen molar-refractivity contribution in [2.75, 3.05) is 0 Å². The van der Waals surface area contributed by atoms with Crippen molar-refractivity contribution in [1.82, 2.24) is 5.32 Å². The van der Waals surface area contributed by atoms with Crippen LogP contribution in [0.5, 0.6) is 0 Å². The van der Waals surface area contributed by atoms with Crippen LogP contribution in [0.15, 0.2) is 64.5 Å². The van der Waals surface area contributed by atoms with Gasteiger partial charge in [0.15, 0.2) is 5.17 Å². The minimum Gasteiger partial charge on any atom is -0.300 e. The Hall–Kier alpha value is -2.33. The summed E-state index contributed by atoms with van der Waals surface area (Å²) in [7, 11) is 0. The van der Waals surface area contributed by atoms with E-state index in [2.05, 4.69) is 10.3 Å². The summed E-state index contributed by atoms with van der Waals surface area (Å²) >= 11 is 1.36. The third kappa shape index (κ3) is 3.41. The quantitative estimate of drug-likeness (QED) is 0.854. The van der Waals surface area contributed by atoms with Crippen LogP contribution in [0.4, 0.5) is 5.69 Å². The molecule has 1 heterocycles. The topological polar surface area (TPSA) is 41.5 Å². The highest BCUT2D eigenvalue weighted by Gasteiger charge is 2.23. The Morgan fingerprint density at radius 3 is 2.48 bits per heavy atom. The minimum absolute atomic E-state index is 0.102. The molecule has 0 saturated carbocycles. The van der Waals surface area contributed by atoms with Crippen LogP contribution in [-0.2, 0) is 4.79 Å². The number of aliphatic imine (C=N–C) groups is 1. The van der Waals surface area contributed by atoms with Gasteiger partial charge in [0.05, 0.1) is 10.6 Å². The van der Waals surface area contributed by atoms with Crippen LogP contribution < -0.4 is 5.32 Å². The maximum absolute atomic E-state index is 12.0. The predicted molar refractivity (Wildman–Crippen MR) is 88.4 cm³/mol. The molecule has 0 bridgehead atoms. The second kappa shape index (κ2) is 5.97. The van der Waals surface area contributed by atoms with Gasteiger partial charge in [-0.05, 0) is 42.5 Å². The highest BCUT2D eigenvalue weighted by molar-refractivity contribution is 8.18. The molecule has 104 valence electrons. The Bertz CT molecular complexity index is 718. The van der Waals surface area contributed by atoms with Crippen LogP contribution in [0.3, 0.4) is 0 Å². The molecule has 3 nitrogen and oxygen atoms in total. The number of hydrogen-bond acceptors (Lipinski definition) is 3. The van der Waals surface area contributed by atoms with Gasteiger partial charge in [-0.1, -0.05) is 48.0 Å². The predicted octanol–water partition coefficient (Wildman–Crippen LogP) is 3.89. The van der Waals surface area contributed by atoms with Gasteiger partial charge in [-0.15, -0.1) is 0 Å². The zero-order chi connectivity index (χ0) is 14.7. The van der Waals surface area contributed by atoms with Gasteiger partial charge in [-0.25, -0.2) is 4.99 Å². The summed E-state index contributed by atoms with van der Waals surface area (Å²) in [6.45, 7) is 2.03. The molecule has 1 aliphatic rings. The molecular formula is C17H14N2OS. The Balaban J connectivity index is 1.81. The fraction of sp³-hybridized carbons (Fsp3) is 0.0588. The fourth-order valence-corrected chi connectivity index (χ4v) is 2.76. The van der Waals surface area contributed by atoms with E-state index in [4.69, 9.17) is 0 Å². The molecule has 3 rings (SSSR count). The van der Waals surface area contributed by atoms with Gasteiger partial charge >= 0.3 is 0 Å². The number of thioether (sulfide) groups is 1. The molecule has 0 unspecified atom stereocenters. The number of aryl methyl sites for hydroxylation is 1. The van der Waals surface area contributed by atoms with Crippen LogP contribution >= 0.6 is 11.8 Å². The SMILES string of the molecule is Cc1ccc(N=C2NC(=O)/C(=C/c3ccccc3)S2)cc1. The lowest BCUT2D eigenvalue weighted by molar-refractivity contribution is -0.115. The van der Waals surface area contributed by atoms with Crippen LogP contribution in [0.2, 0.25) is 0 Å². The van der Waals surface area contributed by atoms with Crippen molar-refractivity contribution in [1.29, 1.82) is 0 Å². The van der Waals surface area contributed by atoms with Crippen LogP contribution in [0, 0.1) is 6.92 Å². The first kappa shape index (κ1) is 13.6. The summed E-state index contributed by atoms with van der Waals surface area (Å²) in [5.41, 5.74) is 3.03. The Morgan fingerprint density at radius 2 is 1.76 bits per heavy atom. The lowest BCUT2D eigenvalue weighted by atomic mass is 10.2. The zero-order valence-corrected chi connectivity index (χ0v) is 12.4. The summed E-state index contributed by atoms with van der Waals surface area (Å²) in [5.74, 6) is -0.102. The third-order valence-electron chi connectivity index (χ3n) is 3.01. The second-order valence-electron chi connectivity index (χ2n) is 4.73. The maximum atomic E-state index is 12.0. The smallest absolute Gasteiger partial charge is 0.264 e. The van der Waals surface area contributed by atoms with E-state index < -0.39 is 0 Å². The summed E-state index contributed by atoms with van der Waals surface area (Å²) in [6.07, 6.45) is 1.87. The maximum Gasteiger partial charge on any atom is 0.264 e. The van der Waals surface area contributed by atoms with E-state index in [9.17, 15) is 4.79 Å². The summed E-state index contributed by atoms with van der Waals surface area (Å²) in [5, 5.41) is 3.41. The van der Waals surface area contributed by atoms with E-state index >= 15 is 0 Å². The molecule has 1 amide bonds. The van der Waals surface area contributed by atoms with Gasteiger partial charge in [-0.3, -0.25) is 4.79 Å². The number of amidine groups is 1. The van der Waals surface area contributed by atoms with Gasteiger partial charge in [0.25, 0.3) is 5.91 Å². The standard InChI is InChI=1S/C17H14N2OS/c1-12-7-9-14(10-8-12)18-17-19-16(20)15(21-17)11-13-5-3-2-4-6-13/h2-11H,1H3,(H,18,19,20)/b15-11-. The second-order valence-corrected chi connectivity index (χ2v) is 5.76. The Kier molecular flexibility index (Phi) is 3.88. The largest absolute Gasteiger partial charge is 0.300 e. The molecule has 0 aromatic heterocycles. The molecule has 0 aliphatic carbocycles. The molecule has 4 heteroatoms. The van der Waals surface area contributed by atoms with Crippen molar-refractivity contribution in [2.24, 2.45) is 4.99 Å². The van der Waals surface area contributed by atoms with Crippen molar-refractivity contribution in [3.05, 3.63) is 70.6 Å². The molecule has 0 atom stereocenters. The first-order valence-electron chi connectivity index (χ1n) is 6.62. The molecule has 21 heavy (non-hydrogen) atoms. The average molecular weight is 294 g/mol. The van der Waals surface area contributed by atoms with E-state index in [1.165, 1.54) is 17.3 Å². The van der Waals surface area contributed by atoms with Crippen molar-refractivity contribution >= 4 is 34.6 Å². The monoisotopic (exact) mass is 294 g/mol. The average Bonchev–Trinajstić information content (AvgIpc) is 2.82. The van der Waals surface area contributed by atoms with Gasteiger partial charge < -0.3 is 5.32 Å². The van der Waals surface area contributed by atoms with Gasteiger partial charge in [-0.2, -0.15) is 0 Å². The van der Waals surface area contributed by atoms with Gasteiger partial charge in [0.1, 0.15) is 0 Å². The molecule has 1 N–H and O–H groups in total. The van der Waals surface area contributed by atoms with E-state index in [0.717, 1.165) is 11.3 Å². The molecule has 1 fully saturated rings. The molecule has 1 aliphatic heterocycles. The van der Waals surface area contributed by atoms with E-state index in [1.807, 2.05) is 67.6 Å². The van der Waals surface area contributed by atoms with E-state index in [0.29, 0.717) is 10.1 Å². The number of nitrogens with zero attached hydrogens (tertiary/aromatic N) is 1. The molecule has 1 saturated heterocycles. The van der Waals surface area contributed by atoms with Crippen molar-refractivity contribution in [3.8, 4) is 0 Å². The van der Waals surface area contributed by atoms with E-state index in [-0.39, 0.29) is 5.91 Å². The molecule has 0 spiro atoms. The molecule has 2 aromatic carbocycles. The van der Waals surface area contributed by atoms with Crippen LogP contribution in [0.1, 0.15) is 11.1 Å². The molecule has 2 aromatic rings. The Labute approximate surface area is 127 Å². The Morgan fingerprint density at radius 1 is 1.05 bits per heavy atom. The van der Waals surface area contributed by atoms with Crippen LogP contribution in [-0.4, -0.2) is 11.1 Å². The summed E-state index contributed by atoms with van der Waals surface area (Å²) < 4.78 is 0. The number of benzene rings is 2. The lowest BCUT2D eigenvalue weighted by Gasteiger charge is -1.97. The lowest BCUT2D eigenvalue weighted by Crippen LogP contribution is -2.19. The molecular weight excluding hydrogens is 280 g/mol. The number of rotatable bonds is 2. The van der Waals surface area contributed by atoms with Crippen molar-refractivity contribution in [2.45, 2.75) is 6.92 Å². The number of carbonyl (C=O) groups is 1. The van der Waals surface area contributed by atoms with E-state index in [1.54, 1.807) is 0 Å². The number of hydrogen-bond donors (Lipinski definition) is 1. The third-order valence-corrected chi connectivity index (χ3v) is 3.92.